The molecule has 0 saturated carbocycles. The van der Waals surface area contributed by atoms with Crippen LogP contribution in [0.3, 0.4) is 0 Å². The summed E-state index contributed by atoms with van der Waals surface area (Å²) in [7, 11) is -4.13. The fraction of sp³-hybridized carbons (Fsp3) is 0.167. The van der Waals surface area contributed by atoms with Gasteiger partial charge in [-0.05, 0) is 6.08 Å². The van der Waals surface area contributed by atoms with Crippen LogP contribution in [0.2, 0.25) is 0 Å². The van der Waals surface area contributed by atoms with Crippen molar-refractivity contribution in [3.63, 3.8) is 0 Å². The molecule has 0 atom stereocenters. The number of hydrogen-bond acceptors (Lipinski definition) is 3. The van der Waals surface area contributed by atoms with E-state index < -0.39 is 13.6 Å². The van der Waals surface area contributed by atoms with Gasteiger partial charge in [0.2, 0.25) is 0 Å². The third-order valence-electron chi connectivity index (χ3n) is 0.788. The molecule has 0 aliphatic heterocycles. The van der Waals surface area contributed by atoms with Crippen molar-refractivity contribution >= 4 is 13.6 Å². The van der Waals surface area contributed by atoms with E-state index in [1.54, 1.807) is 0 Å². The molecular formula is C6H9O5P. The number of carbonyl (C=O) groups excluding carboxylic acids is 1. The highest BCUT2D eigenvalue weighted by molar-refractivity contribution is 7.55. The second-order valence-electron chi connectivity index (χ2n) is 1.81. The molecule has 0 saturated heterocycles. The normalized spacial score (nSPS) is 11.5. The maximum Gasteiger partial charge on any atom is 0.348 e. The third-order valence-corrected chi connectivity index (χ3v) is 1.39. The van der Waals surface area contributed by atoms with E-state index in [4.69, 9.17) is 9.79 Å². The van der Waals surface area contributed by atoms with Gasteiger partial charge in [0, 0.05) is 11.9 Å². The summed E-state index contributed by atoms with van der Waals surface area (Å²) in [6, 6.07) is 0. The van der Waals surface area contributed by atoms with Crippen molar-refractivity contribution in [2.75, 3.05) is 6.61 Å². The molecular weight excluding hydrogens is 183 g/mol. The van der Waals surface area contributed by atoms with Crippen molar-refractivity contribution in [1.29, 1.82) is 0 Å². The van der Waals surface area contributed by atoms with Gasteiger partial charge < -0.3 is 14.5 Å². The molecule has 0 unspecified atom stereocenters. The van der Waals surface area contributed by atoms with E-state index in [0.29, 0.717) is 5.82 Å². The van der Waals surface area contributed by atoms with E-state index in [-0.39, 0.29) is 6.61 Å². The minimum Gasteiger partial charge on any atom is -0.458 e. The predicted octanol–water partition coefficient (Wildman–Crippen LogP) is 0.407. The van der Waals surface area contributed by atoms with Crippen molar-refractivity contribution < 1.29 is 23.9 Å². The van der Waals surface area contributed by atoms with Gasteiger partial charge in [-0.15, -0.1) is 0 Å². The van der Waals surface area contributed by atoms with Crippen molar-refractivity contribution in [3.8, 4) is 0 Å². The van der Waals surface area contributed by atoms with E-state index in [0.717, 1.165) is 12.2 Å². The average molecular weight is 192 g/mol. The third kappa shape index (κ3) is 7.21. The van der Waals surface area contributed by atoms with E-state index >= 15 is 0 Å². The van der Waals surface area contributed by atoms with E-state index in [9.17, 15) is 9.36 Å². The highest BCUT2D eigenvalue weighted by Crippen LogP contribution is 2.35. The molecule has 0 spiro atoms. The SMILES string of the molecule is C=CC(=O)OCC=CP(=O)(O)O. The first-order valence-corrected chi connectivity index (χ1v) is 4.66. The van der Waals surface area contributed by atoms with Gasteiger partial charge in [0.15, 0.2) is 0 Å². The molecule has 12 heavy (non-hydrogen) atoms. The lowest BCUT2D eigenvalue weighted by Gasteiger charge is -1.96. The van der Waals surface area contributed by atoms with Crippen molar-refractivity contribution in [3.05, 3.63) is 24.5 Å². The Hall–Kier alpha value is -0.900. The van der Waals surface area contributed by atoms with Gasteiger partial charge in [0.1, 0.15) is 6.61 Å². The second-order valence-corrected chi connectivity index (χ2v) is 3.28. The number of rotatable bonds is 4. The van der Waals surface area contributed by atoms with Gasteiger partial charge in [0.05, 0.1) is 0 Å². The molecule has 0 bridgehead atoms. The zero-order valence-corrected chi connectivity index (χ0v) is 7.11. The van der Waals surface area contributed by atoms with Crippen LogP contribution >= 0.6 is 7.60 Å². The molecule has 0 radical (unpaired) electrons. The predicted molar refractivity (Wildman–Crippen MR) is 42.3 cm³/mol. The molecule has 0 heterocycles. The summed E-state index contributed by atoms with van der Waals surface area (Å²) in [4.78, 5) is 27.0. The lowest BCUT2D eigenvalue weighted by atomic mass is 10.6. The summed E-state index contributed by atoms with van der Waals surface area (Å²) in [5.74, 6) is 0.0361. The van der Waals surface area contributed by atoms with Crippen LogP contribution in [0.15, 0.2) is 24.5 Å². The van der Waals surface area contributed by atoms with Crippen LogP contribution in [0.1, 0.15) is 0 Å². The van der Waals surface area contributed by atoms with E-state index in [2.05, 4.69) is 11.3 Å². The smallest absolute Gasteiger partial charge is 0.348 e. The minimum absolute atomic E-state index is 0.171. The molecule has 6 heteroatoms. The Morgan fingerprint density at radius 2 is 2.17 bits per heavy atom. The van der Waals surface area contributed by atoms with Crippen LogP contribution < -0.4 is 0 Å². The Bertz CT molecular complexity index is 238. The number of carbonyl (C=O) groups is 1. The van der Waals surface area contributed by atoms with Gasteiger partial charge in [-0.3, -0.25) is 4.57 Å². The lowest BCUT2D eigenvalue weighted by Crippen LogP contribution is -1.98. The molecule has 0 aromatic rings. The number of hydrogen-bond donors (Lipinski definition) is 2. The van der Waals surface area contributed by atoms with Crippen LogP contribution in [-0.2, 0) is 14.1 Å². The zero-order chi connectivity index (χ0) is 9.61. The molecule has 0 aliphatic carbocycles. The molecule has 5 nitrogen and oxygen atoms in total. The van der Waals surface area contributed by atoms with Gasteiger partial charge >= 0.3 is 13.6 Å². The first kappa shape index (κ1) is 11.1. The topological polar surface area (TPSA) is 83.8 Å². The van der Waals surface area contributed by atoms with Gasteiger partial charge in [0.25, 0.3) is 0 Å². The van der Waals surface area contributed by atoms with Gasteiger partial charge in [-0.25, -0.2) is 4.79 Å². The second kappa shape index (κ2) is 4.87. The first-order valence-electron chi connectivity index (χ1n) is 2.98. The molecule has 0 amide bonds. The average Bonchev–Trinajstić information content (AvgIpc) is 1.96. The highest BCUT2D eigenvalue weighted by Gasteiger charge is 2.04. The molecule has 68 valence electrons. The van der Waals surface area contributed by atoms with Crippen LogP contribution in [0.25, 0.3) is 0 Å². The van der Waals surface area contributed by atoms with E-state index in [1.807, 2.05) is 0 Å². The first-order chi connectivity index (χ1) is 5.45. The maximum atomic E-state index is 10.4. The Morgan fingerprint density at radius 1 is 1.58 bits per heavy atom. The Labute approximate surface area is 69.5 Å². The fourth-order valence-corrected chi connectivity index (χ4v) is 0.730. The number of ether oxygens (including phenoxy) is 1. The van der Waals surface area contributed by atoms with Crippen molar-refractivity contribution in [2.24, 2.45) is 0 Å². The van der Waals surface area contributed by atoms with Crippen molar-refractivity contribution in [1.82, 2.24) is 0 Å². The zero-order valence-electron chi connectivity index (χ0n) is 6.21. The summed E-state index contributed by atoms with van der Waals surface area (Å²) in [6.45, 7) is 2.97. The molecule has 0 rings (SSSR count). The van der Waals surface area contributed by atoms with Crippen LogP contribution in [0, 0.1) is 0 Å². The Balaban J connectivity index is 3.71. The summed E-state index contributed by atoms with van der Waals surface area (Å²) in [5.41, 5.74) is 0. The van der Waals surface area contributed by atoms with Crippen LogP contribution in [0.4, 0.5) is 0 Å². The monoisotopic (exact) mass is 192 g/mol. The fourth-order valence-electron chi connectivity index (χ4n) is 0.370. The molecule has 0 fully saturated rings. The summed E-state index contributed by atoms with van der Waals surface area (Å²) < 4.78 is 14.6. The maximum absolute atomic E-state index is 10.4. The number of esters is 1. The highest BCUT2D eigenvalue weighted by atomic mass is 31.2. The lowest BCUT2D eigenvalue weighted by molar-refractivity contribution is -0.136. The molecule has 0 aromatic carbocycles. The summed E-state index contributed by atoms with van der Waals surface area (Å²) in [5, 5.41) is 0. The molecule has 0 aliphatic rings. The standard InChI is InChI=1S/C6H9O5P/c1-2-6(7)11-4-3-5-12(8,9)10/h2-3,5H,1,4H2,(H2,8,9,10). The van der Waals surface area contributed by atoms with E-state index in [1.165, 1.54) is 0 Å². The molecule has 2 N–H and O–H groups in total. The van der Waals surface area contributed by atoms with Gasteiger partial charge in [-0.1, -0.05) is 6.58 Å². The largest absolute Gasteiger partial charge is 0.458 e. The quantitative estimate of drug-likeness (QED) is 0.382. The molecule has 0 aromatic heterocycles. The van der Waals surface area contributed by atoms with Crippen LogP contribution in [0.5, 0.6) is 0 Å². The van der Waals surface area contributed by atoms with Crippen molar-refractivity contribution in [2.45, 2.75) is 0 Å². The Kier molecular flexibility index (Phi) is 4.51. The summed E-state index contributed by atoms with van der Waals surface area (Å²) in [6.07, 6.45) is 2.04. The summed E-state index contributed by atoms with van der Waals surface area (Å²) >= 11 is 0. The van der Waals surface area contributed by atoms with Gasteiger partial charge in [-0.2, -0.15) is 0 Å². The van der Waals surface area contributed by atoms with Crippen LogP contribution in [-0.4, -0.2) is 22.4 Å². The Morgan fingerprint density at radius 3 is 2.58 bits per heavy atom. The minimum atomic E-state index is -4.13.